The molecule has 3 rings (SSSR count). The molecule has 0 radical (unpaired) electrons. The highest BCUT2D eigenvalue weighted by Crippen LogP contribution is 2.29. The van der Waals surface area contributed by atoms with E-state index < -0.39 is 41.0 Å². The van der Waals surface area contributed by atoms with Gasteiger partial charge in [0.2, 0.25) is 11.6 Å². The van der Waals surface area contributed by atoms with Crippen molar-refractivity contribution in [1.82, 2.24) is 0 Å². The molecule has 1 atom stereocenters. The van der Waals surface area contributed by atoms with Crippen LogP contribution >= 0.6 is 0 Å². The quantitative estimate of drug-likeness (QED) is 0.474. The minimum absolute atomic E-state index is 0.0678. The number of rotatable bonds is 5. The summed E-state index contributed by atoms with van der Waals surface area (Å²) >= 11 is 0. The van der Waals surface area contributed by atoms with Crippen LogP contribution in [0.15, 0.2) is 60.7 Å². The maximum absolute atomic E-state index is 13.7. The minimum atomic E-state index is -1.71. The summed E-state index contributed by atoms with van der Waals surface area (Å²) in [5.74, 6) is -8.67. The van der Waals surface area contributed by atoms with Crippen molar-refractivity contribution in [3.05, 3.63) is 83.9 Å². The summed E-state index contributed by atoms with van der Waals surface area (Å²) in [4.78, 5) is 12.4. The summed E-state index contributed by atoms with van der Waals surface area (Å²) in [6.07, 6.45) is -1.42. The summed E-state index contributed by atoms with van der Waals surface area (Å²) in [7, 11) is 0. The molecule has 0 fully saturated rings. The number of hydrogen-bond donors (Lipinski definition) is 1. The molecule has 7 heteroatoms. The van der Waals surface area contributed by atoms with Gasteiger partial charge in [-0.15, -0.1) is 0 Å². The Kier molecular flexibility index (Phi) is 5.63. The lowest BCUT2D eigenvalue weighted by atomic mass is 10.0. The molecule has 28 heavy (non-hydrogen) atoms. The van der Waals surface area contributed by atoms with Crippen molar-refractivity contribution in [1.29, 1.82) is 0 Å². The van der Waals surface area contributed by atoms with Crippen LogP contribution < -0.4 is 10.1 Å². The van der Waals surface area contributed by atoms with Crippen molar-refractivity contribution in [2.24, 2.45) is 0 Å². The molecule has 1 N–H and O–H groups in total. The predicted octanol–water partition coefficient (Wildman–Crippen LogP) is 5.32. The monoisotopic (exact) mass is 389 g/mol. The van der Waals surface area contributed by atoms with E-state index in [1.807, 2.05) is 30.3 Å². The van der Waals surface area contributed by atoms with Gasteiger partial charge in [-0.05, 0) is 18.6 Å². The molecular formula is C21H15F4NO2. The first-order chi connectivity index (χ1) is 13.4. The molecule has 0 saturated carbocycles. The third-order valence-corrected chi connectivity index (χ3v) is 4.01. The number of carbonyl (C=O) groups is 1. The van der Waals surface area contributed by atoms with Crippen LogP contribution in [-0.4, -0.2) is 12.0 Å². The van der Waals surface area contributed by atoms with Gasteiger partial charge < -0.3 is 10.1 Å². The van der Waals surface area contributed by atoms with Gasteiger partial charge in [0.15, 0.2) is 23.5 Å². The number of anilines is 1. The van der Waals surface area contributed by atoms with Crippen LogP contribution in [0.25, 0.3) is 11.1 Å². The molecule has 0 spiro atoms. The van der Waals surface area contributed by atoms with Gasteiger partial charge >= 0.3 is 0 Å². The molecule has 0 unspecified atom stereocenters. The van der Waals surface area contributed by atoms with Gasteiger partial charge in [0.05, 0.1) is 0 Å². The van der Waals surface area contributed by atoms with E-state index in [0.29, 0.717) is 5.69 Å². The molecular weight excluding hydrogens is 374 g/mol. The lowest BCUT2D eigenvalue weighted by Gasteiger charge is -2.17. The zero-order chi connectivity index (χ0) is 20.3. The third-order valence-electron chi connectivity index (χ3n) is 4.01. The predicted molar refractivity (Wildman–Crippen MR) is 96.9 cm³/mol. The maximum Gasteiger partial charge on any atom is 0.265 e. The van der Waals surface area contributed by atoms with Gasteiger partial charge in [-0.3, -0.25) is 4.79 Å². The number of amides is 1. The van der Waals surface area contributed by atoms with Gasteiger partial charge in [0.25, 0.3) is 5.91 Å². The molecule has 0 aliphatic heterocycles. The van der Waals surface area contributed by atoms with Crippen molar-refractivity contribution >= 4 is 11.6 Å². The summed E-state index contributed by atoms with van der Waals surface area (Å²) in [5.41, 5.74) is 2.01. The van der Waals surface area contributed by atoms with Gasteiger partial charge in [-0.2, -0.15) is 8.78 Å². The Morgan fingerprint density at radius 3 is 2.11 bits per heavy atom. The van der Waals surface area contributed by atoms with Crippen LogP contribution in [0.3, 0.4) is 0 Å². The molecule has 3 nitrogen and oxygen atoms in total. The van der Waals surface area contributed by atoms with E-state index in [2.05, 4.69) is 5.32 Å². The van der Waals surface area contributed by atoms with E-state index in [1.54, 1.807) is 24.3 Å². The second-order valence-corrected chi connectivity index (χ2v) is 5.96. The number of ether oxygens (including phenoxy) is 1. The zero-order valence-electron chi connectivity index (χ0n) is 14.7. The molecule has 0 heterocycles. The number of carbonyl (C=O) groups excluding carboxylic acids is 1. The average Bonchev–Trinajstić information content (AvgIpc) is 2.70. The van der Waals surface area contributed by atoms with Gasteiger partial charge in [-0.25, -0.2) is 8.78 Å². The lowest BCUT2D eigenvalue weighted by molar-refractivity contribution is -0.122. The van der Waals surface area contributed by atoms with Crippen LogP contribution in [0.2, 0.25) is 0 Å². The molecule has 0 aromatic heterocycles. The Morgan fingerprint density at radius 1 is 0.893 bits per heavy atom. The second kappa shape index (κ2) is 8.12. The fraction of sp³-hybridized carbons (Fsp3) is 0.0952. The van der Waals surface area contributed by atoms with E-state index in [1.165, 1.54) is 6.92 Å². The molecule has 0 bridgehead atoms. The number of para-hydroxylation sites is 1. The Labute approximate surface area is 158 Å². The third kappa shape index (κ3) is 3.98. The highest BCUT2D eigenvalue weighted by Gasteiger charge is 2.25. The van der Waals surface area contributed by atoms with Crippen molar-refractivity contribution < 1.29 is 27.1 Å². The fourth-order valence-corrected chi connectivity index (χ4v) is 2.58. The average molecular weight is 389 g/mol. The maximum atomic E-state index is 13.7. The fourth-order valence-electron chi connectivity index (χ4n) is 2.58. The zero-order valence-corrected chi connectivity index (χ0v) is 14.7. The Balaban J connectivity index is 1.82. The molecule has 3 aromatic rings. The minimum Gasteiger partial charge on any atom is -0.475 e. The lowest BCUT2D eigenvalue weighted by Crippen LogP contribution is -2.31. The van der Waals surface area contributed by atoms with Gasteiger partial charge in [0, 0.05) is 17.3 Å². The van der Waals surface area contributed by atoms with Crippen molar-refractivity contribution in [2.75, 3.05) is 5.32 Å². The standard InChI is InChI=1S/C21H15F4NO2/c1-12(28-20-18(24)15(22)11-16(23)19(20)25)21(27)26-17-10-6-5-9-14(17)13-7-3-2-4-8-13/h2-12H,1H3,(H,26,27)/t12-/m1/s1. The van der Waals surface area contributed by atoms with Crippen molar-refractivity contribution in [3.63, 3.8) is 0 Å². The largest absolute Gasteiger partial charge is 0.475 e. The highest BCUT2D eigenvalue weighted by atomic mass is 19.2. The Hall–Kier alpha value is -3.35. The van der Waals surface area contributed by atoms with Crippen LogP contribution in [0.4, 0.5) is 23.2 Å². The molecule has 0 saturated heterocycles. The highest BCUT2D eigenvalue weighted by molar-refractivity contribution is 5.98. The number of halogens is 4. The van der Waals surface area contributed by atoms with E-state index in [0.717, 1.165) is 11.1 Å². The van der Waals surface area contributed by atoms with Crippen LogP contribution in [-0.2, 0) is 4.79 Å². The molecule has 1 amide bonds. The van der Waals surface area contributed by atoms with E-state index in [4.69, 9.17) is 4.74 Å². The molecule has 3 aromatic carbocycles. The Morgan fingerprint density at radius 2 is 1.46 bits per heavy atom. The summed E-state index contributed by atoms with van der Waals surface area (Å²) < 4.78 is 58.9. The number of hydrogen-bond acceptors (Lipinski definition) is 2. The van der Waals surface area contributed by atoms with E-state index >= 15 is 0 Å². The summed E-state index contributed by atoms with van der Waals surface area (Å²) in [6.45, 7) is 1.21. The topological polar surface area (TPSA) is 38.3 Å². The SMILES string of the molecule is C[C@@H](Oc1c(F)c(F)cc(F)c1F)C(=O)Nc1ccccc1-c1ccccc1. The smallest absolute Gasteiger partial charge is 0.265 e. The normalized spacial score (nSPS) is 11.8. The van der Waals surface area contributed by atoms with Crippen LogP contribution in [0, 0.1) is 23.3 Å². The van der Waals surface area contributed by atoms with Crippen molar-refractivity contribution in [3.8, 4) is 16.9 Å². The first-order valence-electron chi connectivity index (χ1n) is 8.33. The van der Waals surface area contributed by atoms with E-state index in [9.17, 15) is 22.4 Å². The molecule has 144 valence electrons. The van der Waals surface area contributed by atoms with Crippen LogP contribution in [0.1, 0.15) is 6.92 Å². The number of nitrogens with one attached hydrogen (secondary N) is 1. The van der Waals surface area contributed by atoms with Gasteiger partial charge in [0.1, 0.15) is 0 Å². The van der Waals surface area contributed by atoms with Crippen LogP contribution in [0.5, 0.6) is 5.75 Å². The summed E-state index contributed by atoms with van der Waals surface area (Å²) in [6, 6.07) is 16.2. The Bertz CT molecular complexity index is 983. The molecule has 0 aliphatic rings. The van der Waals surface area contributed by atoms with Gasteiger partial charge in [-0.1, -0.05) is 48.5 Å². The first-order valence-corrected chi connectivity index (χ1v) is 8.33. The second-order valence-electron chi connectivity index (χ2n) is 5.96. The molecule has 0 aliphatic carbocycles. The number of benzene rings is 3. The first kappa shape index (κ1) is 19.4. The van der Waals surface area contributed by atoms with Crippen molar-refractivity contribution in [2.45, 2.75) is 13.0 Å². The summed E-state index contributed by atoms with van der Waals surface area (Å²) in [5, 5.41) is 2.60. The van der Waals surface area contributed by atoms with E-state index in [-0.39, 0.29) is 6.07 Å².